The van der Waals surface area contributed by atoms with E-state index < -0.39 is 0 Å². The molecule has 112 valence electrons. The fourth-order valence-electron chi connectivity index (χ4n) is 3.74. The summed E-state index contributed by atoms with van der Waals surface area (Å²) in [6.45, 7) is 10.1. The van der Waals surface area contributed by atoms with Crippen molar-refractivity contribution in [3.05, 3.63) is 0 Å². The van der Waals surface area contributed by atoms with Gasteiger partial charge in [0.05, 0.1) is 6.10 Å². The number of piperidine rings is 1. The molecule has 3 nitrogen and oxygen atoms in total. The van der Waals surface area contributed by atoms with Crippen molar-refractivity contribution in [2.45, 2.75) is 64.5 Å². The Kier molecular flexibility index (Phi) is 6.62. The van der Waals surface area contributed by atoms with Crippen LogP contribution in [0.15, 0.2) is 0 Å². The highest BCUT2D eigenvalue weighted by molar-refractivity contribution is 4.86. The summed E-state index contributed by atoms with van der Waals surface area (Å²) in [5.41, 5.74) is 0. The van der Waals surface area contributed by atoms with Crippen molar-refractivity contribution in [2.75, 3.05) is 32.8 Å². The molecule has 1 heterocycles. The first kappa shape index (κ1) is 15.3. The van der Waals surface area contributed by atoms with Crippen LogP contribution in [0.4, 0.5) is 0 Å². The van der Waals surface area contributed by atoms with Gasteiger partial charge in [-0.3, -0.25) is 0 Å². The van der Waals surface area contributed by atoms with Crippen molar-refractivity contribution in [3.63, 3.8) is 0 Å². The number of rotatable bonds is 7. The first-order chi connectivity index (χ1) is 9.33. The van der Waals surface area contributed by atoms with E-state index in [-0.39, 0.29) is 0 Å². The quantitative estimate of drug-likeness (QED) is 0.768. The molecule has 0 bridgehead atoms. The number of nitrogens with one attached hydrogen (secondary N) is 1. The van der Waals surface area contributed by atoms with Crippen molar-refractivity contribution in [1.29, 1.82) is 0 Å². The molecule has 2 aliphatic rings. The van der Waals surface area contributed by atoms with Crippen LogP contribution in [0.2, 0.25) is 0 Å². The van der Waals surface area contributed by atoms with Crippen LogP contribution in [0, 0.1) is 5.92 Å². The van der Waals surface area contributed by atoms with Gasteiger partial charge in [0.15, 0.2) is 0 Å². The fraction of sp³-hybridized carbons (Fsp3) is 1.00. The number of hydrogen-bond donors (Lipinski definition) is 1. The largest absolute Gasteiger partial charge is 0.377 e. The van der Waals surface area contributed by atoms with Crippen LogP contribution >= 0.6 is 0 Å². The summed E-state index contributed by atoms with van der Waals surface area (Å²) < 4.78 is 5.81. The predicted octanol–water partition coefficient (Wildman–Crippen LogP) is 2.66. The van der Waals surface area contributed by atoms with Crippen LogP contribution in [0.25, 0.3) is 0 Å². The molecule has 1 saturated carbocycles. The number of likely N-dealkylation sites (tertiary alicyclic amines) is 1. The fourth-order valence-corrected chi connectivity index (χ4v) is 3.74. The lowest BCUT2D eigenvalue weighted by atomic mass is 10.00. The zero-order chi connectivity index (χ0) is 13.5. The average Bonchev–Trinajstić information content (AvgIpc) is 2.84. The number of ether oxygens (including phenoxy) is 1. The summed E-state index contributed by atoms with van der Waals surface area (Å²) in [4.78, 5) is 2.65. The van der Waals surface area contributed by atoms with Crippen molar-refractivity contribution >= 4 is 0 Å². The summed E-state index contributed by atoms with van der Waals surface area (Å²) in [7, 11) is 0. The van der Waals surface area contributed by atoms with Crippen LogP contribution in [-0.4, -0.2) is 49.8 Å². The Morgan fingerprint density at radius 3 is 2.84 bits per heavy atom. The molecule has 1 aliphatic carbocycles. The molecule has 1 aliphatic heterocycles. The molecular formula is C16H32N2O. The van der Waals surface area contributed by atoms with Crippen LogP contribution < -0.4 is 5.32 Å². The topological polar surface area (TPSA) is 24.5 Å². The molecular weight excluding hydrogens is 236 g/mol. The normalized spacial score (nSPS) is 32.8. The molecule has 0 aromatic carbocycles. The molecule has 2 fully saturated rings. The van der Waals surface area contributed by atoms with Gasteiger partial charge in [-0.2, -0.15) is 0 Å². The van der Waals surface area contributed by atoms with E-state index in [0.29, 0.717) is 6.10 Å². The molecule has 3 unspecified atom stereocenters. The summed E-state index contributed by atoms with van der Waals surface area (Å²) in [6, 6.07) is 0.771. The SMILES string of the molecule is CCCNC1CCCC1CN1CCCC(OCC)C1. The zero-order valence-corrected chi connectivity index (χ0v) is 12.9. The van der Waals surface area contributed by atoms with Gasteiger partial charge >= 0.3 is 0 Å². The second-order valence-electron chi connectivity index (χ2n) is 6.23. The van der Waals surface area contributed by atoms with E-state index in [0.717, 1.165) is 25.1 Å². The second kappa shape index (κ2) is 8.23. The monoisotopic (exact) mass is 268 g/mol. The average molecular weight is 268 g/mol. The van der Waals surface area contributed by atoms with Crippen molar-refractivity contribution in [2.24, 2.45) is 5.92 Å². The van der Waals surface area contributed by atoms with Gasteiger partial charge in [0, 0.05) is 25.7 Å². The third kappa shape index (κ3) is 4.73. The van der Waals surface area contributed by atoms with Crippen LogP contribution in [0.3, 0.4) is 0 Å². The van der Waals surface area contributed by atoms with E-state index in [2.05, 4.69) is 24.1 Å². The lowest BCUT2D eigenvalue weighted by Crippen LogP contribution is -2.45. The van der Waals surface area contributed by atoms with E-state index in [1.54, 1.807) is 0 Å². The molecule has 0 aromatic rings. The Hall–Kier alpha value is -0.120. The molecule has 1 saturated heterocycles. The minimum Gasteiger partial charge on any atom is -0.377 e. The van der Waals surface area contributed by atoms with Gasteiger partial charge in [-0.25, -0.2) is 0 Å². The summed E-state index contributed by atoms with van der Waals surface area (Å²) in [6.07, 6.45) is 8.51. The molecule has 19 heavy (non-hydrogen) atoms. The molecule has 0 radical (unpaired) electrons. The highest BCUT2D eigenvalue weighted by atomic mass is 16.5. The molecule has 0 aromatic heterocycles. The van der Waals surface area contributed by atoms with Gasteiger partial charge < -0.3 is 15.0 Å². The Bertz CT molecular complexity index is 245. The van der Waals surface area contributed by atoms with Gasteiger partial charge in [-0.05, 0) is 58.0 Å². The summed E-state index contributed by atoms with van der Waals surface area (Å²) in [5.74, 6) is 0.868. The standard InChI is InChI=1S/C16H32N2O/c1-3-10-17-16-9-5-7-14(16)12-18-11-6-8-15(13-18)19-4-2/h14-17H,3-13H2,1-2H3. The van der Waals surface area contributed by atoms with E-state index >= 15 is 0 Å². The Morgan fingerprint density at radius 2 is 2.05 bits per heavy atom. The van der Waals surface area contributed by atoms with E-state index in [1.807, 2.05) is 0 Å². The van der Waals surface area contributed by atoms with Crippen molar-refractivity contribution in [3.8, 4) is 0 Å². The predicted molar refractivity (Wildman–Crippen MR) is 80.5 cm³/mol. The number of hydrogen-bond acceptors (Lipinski definition) is 3. The van der Waals surface area contributed by atoms with Crippen molar-refractivity contribution < 1.29 is 4.74 Å². The Morgan fingerprint density at radius 1 is 1.16 bits per heavy atom. The maximum Gasteiger partial charge on any atom is 0.0702 e. The van der Waals surface area contributed by atoms with Gasteiger partial charge in [0.1, 0.15) is 0 Å². The van der Waals surface area contributed by atoms with Gasteiger partial charge in [0.2, 0.25) is 0 Å². The lowest BCUT2D eigenvalue weighted by molar-refractivity contribution is 0.00106. The van der Waals surface area contributed by atoms with E-state index in [1.165, 1.54) is 58.2 Å². The second-order valence-corrected chi connectivity index (χ2v) is 6.23. The first-order valence-electron chi connectivity index (χ1n) is 8.40. The minimum absolute atomic E-state index is 0.488. The third-order valence-corrected chi connectivity index (χ3v) is 4.67. The van der Waals surface area contributed by atoms with E-state index in [9.17, 15) is 0 Å². The van der Waals surface area contributed by atoms with E-state index in [4.69, 9.17) is 4.74 Å². The third-order valence-electron chi connectivity index (χ3n) is 4.67. The maximum absolute atomic E-state index is 5.81. The van der Waals surface area contributed by atoms with Crippen molar-refractivity contribution in [1.82, 2.24) is 10.2 Å². The molecule has 0 amide bonds. The summed E-state index contributed by atoms with van der Waals surface area (Å²) >= 11 is 0. The highest BCUT2D eigenvalue weighted by Crippen LogP contribution is 2.27. The lowest BCUT2D eigenvalue weighted by Gasteiger charge is -2.35. The van der Waals surface area contributed by atoms with Crippen LogP contribution in [0.1, 0.15) is 52.4 Å². The van der Waals surface area contributed by atoms with Gasteiger partial charge in [-0.1, -0.05) is 13.3 Å². The smallest absolute Gasteiger partial charge is 0.0702 e. The molecule has 0 spiro atoms. The molecule has 3 atom stereocenters. The zero-order valence-electron chi connectivity index (χ0n) is 12.9. The van der Waals surface area contributed by atoms with Crippen LogP contribution in [-0.2, 0) is 4.74 Å². The highest BCUT2D eigenvalue weighted by Gasteiger charge is 2.30. The van der Waals surface area contributed by atoms with Gasteiger partial charge in [-0.15, -0.1) is 0 Å². The molecule has 2 rings (SSSR count). The molecule has 3 heteroatoms. The molecule has 1 N–H and O–H groups in total. The Balaban J connectivity index is 1.75. The Labute approximate surface area is 119 Å². The number of nitrogens with zero attached hydrogens (tertiary/aromatic N) is 1. The first-order valence-corrected chi connectivity index (χ1v) is 8.40. The van der Waals surface area contributed by atoms with Crippen LogP contribution in [0.5, 0.6) is 0 Å². The van der Waals surface area contributed by atoms with Gasteiger partial charge in [0.25, 0.3) is 0 Å². The maximum atomic E-state index is 5.81. The summed E-state index contributed by atoms with van der Waals surface area (Å²) in [5, 5.41) is 3.75. The minimum atomic E-state index is 0.488.